The lowest BCUT2D eigenvalue weighted by Crippen LogP contribution is -1.96. The largest absolute Gasteiger partial charge is 0.398 e. The van der Waals surface area contributed by atoms with E-state index in [0.29, 0.717) is 0 Å². The van der Waals surface area contributed by atoms with Gasteiger partial charge in [-0.25, -0.2) is 4.98 Å². The molecule has 3 N–H and O–H groups in total. The third kappa shape index (κ3) is 2.59. The quantitative estimate of drug-likeness (QED) is 0.664. The Kier molecular flexibility index (Phi) is 3.33. The Balaban J connectivity index is 2.05. The van der Waals surface area contributed by atoms with Gasteiger partial charge < -0.3 is 11.1 Å². The molecule has 0 bridgehead atoms. The summed E-state index contributed by atoms with van der Waals surface area (Å²) in [6.45, 7) is 8.39. The van der Waals surface area contributed by atoms with Gasteiger partial charge in [-0.3, -0.25) is 0 Å². The van der Waals surface area contributed by atoms with E-state index in [1.807, 2.05) is 13.0 Å². The number of nitrogens with zero attached hydrogens (tertiary/aromatic N) is 1. The standard InChI is InChI=1S/C17H19N3S/c1-9-5-11(3)15(12(4)6-9)20-17-19-14-8-10(2)7-13(18)16(14)21-17/h5-8H,18H2,1-4H3,(H,19,20). The molecule has 0 amide bonds. The van der Waals surface area contributed by atoms with Crippen LogP contribution in [0.5, 0.6) is 0 Å². The molecule has 3 nitrogen and oxygen atoms in total. The molecular weight excluding hydrogens is 278 g/mol. The van der Waals surface area contributed by atoms with Crippen molar-refractivity contribution in [1.29, 1.82) is 0 Å². The fourth-order valence-corrected chi connectivity index (χ4v) is 3.62. The fourth-order valence-electron chi connectivity index (χ4n) is 2.74. The maximum absolute atomic E-state index is 6.09. The molecule has 0 aliphatic heterocycles. The fraction of sp³-hybridized carbons (Fsp3) is 0.235. The van der Waals surface area contributed by atoms with Gasteiger partial charge in [-0.05, 0) is 56.5 Å². The van der Waals surface area contributed by atoms with Crippen molar-refractivity contribution in [2.24, 2.45) is 0 Å². The highest BCUT2D eigenvalue weighted by Crippen LogP contribution is 2.34. The Bertz CT molecular complexity index is 810. The van der Waals surface area contributed by atoms with E-state index < -0.39 is 0 Å². The highest BCUT2D eigenvalue weighted by atomic mass is 32.1. The summed E-state index contributed by atoms with van der Waals surface area (Å²) in [6, 6.07) is 8.43. The summed E-state index contributed by atoms with van der Waals surface area (Å²) >= 11 is 1.60. The van der Waals surface area contributed by atoms with Crippen molar-refractivity contribution >= 4 is 38.1 Å². The first-order valence-corrected chi connectivity index (χ1v) is 7.77. The van der Waals surface area contributed by atoms with Gasteiger partial charge in [-0.1, -0.05) is 29.0 Å². The molecule has 0 saturated heterocycles. The van der Waals surface area contributed by atoms with Crippen LogP contribution in [-0.2, 0) is 0 Å². The Labute approximate surface area is 128 Å². The summed E-state index contributed by atoms with van der Waals surface area (Å²) < 4.78 is 1.05. The Morgan fingerprint density at radius 1 is 0.952 bits per heavy atom. The molecule has 0 fully saturated rings. The first kappa shape index (κ1) is 13.9. The van der Waals surface area contributed by atoms with Crippen LogP contribution in [0.3, 0.4) is 0 Å². The number of nitrogens with one attached hydrogen (secondary N) is 1. The van der Waals surface area contributed by atoms with Gasteiger partial charge in [-0.2, -0.15) is 0 Å². The van der Waals surface area contributed by atoms with Gasteiger partial charge in [-0.15, -0.1) is 0 Å². The maximum atomic E-state index is 6.09. The molecule has 0 unspecified atom stereocenters. The summed E-state index contributed by atoms with van der Waals surface area (Å²) in [7, 11) is 0. The minimum absolute atomic E-state index is 0.799. The van der Waals surface area contributed by atoms with E-state index in [2.05, 4.69) is 49.3 Å². The lowest BCUT2D eigenvalue weighted by atomic mass is 10.1. The number of aromatic nitrogens is 1. The predicted octanol–water partition coefficient (Wildman–Crippen LogP) is 4.86. The van der Waals surface area contributed by atoms with Crippen molar-refractivity contribution in [3.63, 3.8) is 0 Å². The minimum atomic E-state index is 0.799. The van der Waals surface area contributed by atoms with Crippen molar-refractivity contribution in [3.05, 3.63) is 46.5 Å². The SMILES string of the molecule is Cc1cc(C)c(Nc2nc3cc(C)cc(N)c3s2)c(C)c1. The van der Waals surface area contributed by atoms with Crippen molar-refractivity contribution < 1.29 is 0 Å². The number of nitrogen functional groups attached to an aromatic ring is 1. The van der Waals surface area contributed by atoms with Gasteiger partial charge in [0.1, 0.15) is 0 Å². The van der Waals surface area contributed by atoms with E-state index in [9.17, 15) is 0 Å². The zero-order chi connectivity index (χ0) is 15.1. The zero-order valence-electron chi connectivity index (χ0n) is 12.7. The molecule has 21 heavy (non-hydrogen) atoms. The first-order chi connectivity index (χ1) is 9.94. The minimum Gasteiger partial charge on any atom is -0.398 e. The van der Waals surface area contributed by atoms with Crippen LogP contribution < -0.4 is 11.1 Å². The zero-order valence-corrected chi connectivity index (χ0v) is 13.6. The summed E-state index contributed by atoms with van der Waals surface area (Å²) in [5.41, 5.74) is 13.9. The van der Waals surface area contributed by atoms with Crippen LogP contribution in [0, 0.1) is 27.7 Å². The Morgan fingerprint density at radius 2 is 1.57 bits per heavy atom. The van der Waals surface area contributed by atoms with Crippen LogP contribution in [0.2, 0.25) is 0 Å². The Morgan fingerprint density at radius 3 is 2.24 bits per heavy atom. The van der Waals surface area contributed by atoms with Gasteiger partial charge in [0.25, 0.3) is 0 Å². The maximum Gasteiger partial charge on any atom is 0.188 e. The number of anilines is 3. The molecule has 108 valence electrons. The molecule has 4 heteroatoms. The monoisotopic (exact) mass is 297 g/mol. The van der Waals surface area contributed by atoms with Gasteiger partial charge in [0.2, 0.25) is 0 Å². The number of hydrogen-bond donors (Lipinski definition) is 2. The molecule has 1 aromatic heterocycles. The second-order valence-corrected chi connectivity index (χ2v) is 6.62. The number of aryl methyl sites for hydroxylation is 4. The number of benzene rings is 2. The third-order valence-corrected chi connectivity index (χ3v) is 4.61. The van der Waals surface area contributed by atoms with Crippen LogP contribution in [-0.4, -0.2) is 4.98 Å². The van der Waals surface area contributed by atoms with E-state index in [1.54, 1.807) is 11.3 Å². The van der Waals surface area contributed by atoms with Crippen molar-refractivity contribution in [2.75, 3.05) is 11.1 Å². The molecular formula is C17H19N3S. The predicted molar refractivity (Wildman–Crippen MR) is 92.7 cm³/mol. The van der Waals surface area contributed by atoms with E-state index in [1.165, 1.54) is 16.7 Å². The molecule has 2 aromatic carbocycles. The van der Waals surface area contributed by atoms with Crippen molar-refractivity contribution in [3.8, 4) is 0 Å². The van der Waals surface area contributed by atoms with Gasteiger partial charge in [0.05, 0.1) is 15.9 Å². The van der Waals surface area contributed by atoms with Crippen LogP contribution in [0.1, 0.15) is 22.3 Å². The van der Waals surface area contributed by atoms with Crippen molar-refractivity contribution in [1.82, 2.24) is 4.98 Å². The third-order valence-electron chi connectivity index (χ3n) is 3.57. The lowest BCUT2D eigenvalue weighted by Gasteiger charge is -2.11. The summed E-state index contributed by atoms with van der Waals surface area (Å²) in [6.07, 6.45) is 0. The molecule has 1 heterocycles. The second-order valence-electron chi connectivity index (χ2n) is 5.62. The molecule has 3 aromatic rings. The Hall–Kier alpha value is -2.07. The molecule has 0 radical (unpaired) electrons. The molecule has 0 spiro atoms. The van der Waals surface area contributed by atoms with Gasteiger partial charge >= 0.3 is 0 Å². The van der Waals surface area contributed by atoms with E-state index >= 15 is 0 Å². The van der Waals surface area contributed by atoms with Gasteiger partial charge in [0.15, 0.2) is 5.13 Å². The summed E-state index contributed by atoms with van der Waals surface area (Å²) in [4.78, 5) is 4.66. The lowest BCUT2D eigenvalue weighted by molar-refractivity contribution is 1.30. The van der Waals surface area contributed by atoms with Crippen LogP contribution >= 0.6 is 11.3 Å². The molecule has 3 rings (SSSR count). The number of thiazole rings is 1. The van der Waals surface area contributed by atoms with Crippen LogP contribution in [0.25, 0.3) is 10.2 Å². The van der Waals surface area contributed by atoms with Crippen LogP contribution in [0.4, 0.5) is 16.5 Å². The number of nitrogens with two attached hydrogens (primary N) is 1. The highest BCUT2D eigenvalue weighted by Gasteiger charge is 2.10. The topological polar surface area (TPSA) is 50.9 Å². The average Bonchev–Trinajstić information content (AvgIpc) is 2.76. The van der Waals surface area contributed by atoms with E-state index in [0.717, 1.165) is 32.3 Å². The highest BCUT2D eigenvalue weighted by molar-refractivity contribution is 7.22. The van der Waals surface area contributed by atoms with Gasteiger partial charge in [0, 0.05) is 5.69 Å². The summed E-state index contributed by atoms with van der Waals surface area (Å²) in [5, 5.41) is 4.34. The number of hydrogen-bond acceptors (Lipinski definition) is 4. The number of fused-ring (bicyclic) bond motifs is 1. The first-order valence-electron chi connectivity index (χ1n) is 6.95. The normalized spacial score (nSPS) is 11.0. The van der Waals surface area contributed by atoms with E-state index in [4.69, 9.17) is 5.73 Å². The second kappa shape index (κ2) is 5.04. The van der Waals surface area contributed by atoms with E-state index in [-0.39, 0.29) is 0 Å². The molecule has 0 atom stereocenters. The molecule has 0 saturated carbocycles. The number of rotatable bonds is 2. The van der Waals surface area contributed by atoms with Crippen LogP contribution in [0.15, 0.2) is 24.3 Å². The summed E-state index contributed by atoms with van der Waals surface area (Å²) in [5.74, 6) is 0. The smallest absolute Gasteiger partial charge is 0.188 e. The van der Waals surface area contributed by atoms with Crippen molar-refractivity contribution in [2.45, 2.75) is 27.7 Å². The molecule has 0 aliphatic carbocycles. The average molecular weight is 297 g/mol. The molecule has 0 aliphatic rings.